The van der Waals surface area contributed by atoms with Gasteiger partial charge in [0.2, 0.25) is 5.91 Å². The number of benzene rings is 2. The van der Waals surface area contributed by atoms with Crippen LogP contribution in [0.5, 0.6) is 0 Å². The molecule has 29 heavy (non-hydrogen) atoms. The Morgan fingerprint density at radius 3 is 2.69 bits per heavy atom. The highest BCUT2D eigenvalue weighted by Gasteiger charge is 2.08. The maximum absolute atomic E-state index is 12.3. The summed E-state index contributed by atoms with van der Waals surface area (Å²) in [6.45, 7) is 0. The van der Waals surface area contributed by atoms with Crippen molar-refractivity contribution in [2.75, 3.05) is 5.32 Å². The van der Waals surface area contributed by atoms with E-state index in [0.29, 0.717) is 10.7 Å². The van der Waals surface area contributed by atoms with Crippen LogP contribution in [0.1, 0.15) is 5.56 Å². The highest BCUT2D eigenvalue weighted by molar-refractivity contribution is 7.13. The molecule has 0 aliphatic heterocycles. The zero-order valence-corrected chi connectivity index (χ0v) is 16.8. The van der Waals surface area contributed by atoms with Crippen LogP contribution in [0.15, 0.2) is 84.4 Å². The van der Waals surface area contributed by atoms with Gasteiger partial charge in [-0.05, 0) is 42.0 Å². The minimum absolute atomic E-state index is 0.227. The summed E-state index contributed by atoms with van der Waals surface area (Å²) in [5.74, 6) is -0.227. The smallest absolute Gasteiger partial charge is 0.248 e. The van der Waals surface area contributed by atoms with E-state index in [2.05, 4.69) is 15.3 Å². The SMILES string of the molecule is O=C(/C=C/c1ccccc1Cl)Nc1cccc(-c2csc(-c3ccccn3)n2)c1. The van der Waals surface area contributed by atoms with Crippen LogP contribution in [0.25, 0.3) is 28.0 Å². The van der Waals surface area contributed by atoms with E-state index >= 15 is 0 Å². The Morgan fingerprint density at radius 2 is 1.86 bits per heavy atom. The fourth-order valence-electron chi connectivity index (χ4n) is 2.73. The molecule has 6 heteroatoms. The van der Waals surface area contributed by atoms with Crippen LogP contribution in [0.3, 0.4) is 0 Å². The maximum atomic E-state index is 12.3. The third-order valence-electron chi connectivity index (χ3n) is 4.13. The Bertz CT molecular complexity index is 1170. The summed E-state index contributed by atoms with van der Waals surface area (Å²) in [5.41, 5.74) is 4.11. The monoisotopic (exact) mass is 417 g/mol. The van der Waals surface area contributed by atoms with E-state index in [1.807, 2.05) is 66.0 Å². The summed E-state index contributed by atoms with van der Waals surface area (Å²) in [5, 5.41) is 6.32. The largest absolute Gasteiger partial charge is 0.322 e. The van der Waals surface area contributed by atoms with Crippen molar-refractivity contribution in [2.45, 2.75) is 0 Å². The summed E-state index contributed by atoms with van der Waals surface area (Å²) in [7, 11) is 0. The number of nitrogens with one attached hydrogen (secondary N) is 1. The molecule has 0 aliphatic rings. The lowest BCUT2D eigenvalue weighted by Gasteiger charge is -2.04. The molecule has 0 atom stereocenters. The number of amides is 1. The van der Waals surface area contributed by atoms with Gasteiger partial charge in [0, 0.05) is 33.9 Å². The second kappa shape index (κ2) is 8.82. The molecule has 0 aliphatic carbocycles. The Balaban J connectivity index is 1.49. The third kappa shape index (κ3) is 4.77. The first-order valence-electron chi connectivity index (χ1n) is 8.90. The number of aromatic nitrogens is 2. The first-order chi connectivity index (χ1) is 14.2. The van der Waals surface area contributed by atoms with Crippen molar-refractivity contribution < 1.29 is 4.79 Å². The average Bonchev–Trinajstić information content (AvgIpc) is 3.24. The minimum Gasteiger partial charge on any atom is -0.322 e. The number of nitrogens with zero attached hydrogens (tertiary/aromatic N) is 2. The van der Waals surface area contributed by atoms with Crippen LogP contribution in [-0.2, 0) is 4.79 Å². The summed E-state index contributed by atoms with van der Waals surface area (Å²) in [6.07, 6.45) is 4.92. The molecule has 0 saturated heterocycles. The van der Waals surface area contributed by atoms with Crippen molar-refractivity contribution in [3.63, 3.8) is 0 Å². The number of carbonyl (C=O) groups excluding carboxylic acids is 1. The molecule has 0 unspecified atom stereocenters. The molecule has 0 saturated carbocycles. The second-order valence-electron chi connectivity index (χ2n) is 6.18. The molecule has 2 aromatic carbocycles. The summed E-state index contributed by atoms with van der Waals surface area (Å²) < 4.78 is 0. The van der Waals surface area contributed by atoms with Crippen LogP contribution in [0, 0.1) is 0 Å². The predicted octanol–water partition coefficient (Wildman–Crippen LogP) is 6.18. The van der Waals surface area contributed by atoms with E-state index in [9.17, 15) is 4.79 Å². The highest BCUT2D eigenvalue weighted by Crippen LogP contribution is 2.29. The van der Waals surface area contributed by atoms with Gasteiger partial charge < -0.3 is 5.32 Å². The van der Waals surface area contributed by atoms with Crippen LogP contribution < -0.4 is 5.32 Å². The third-order valence-corrected chi connectivity index (χ3v) is 5.34. The van der Waals surface area contributed by atoms with Gasteiger partial charge >= 0.3 is 0 Å². The quantitative estimate of drug-likeness (QED) is 0.394. The molecule has 4 nitrogen and oxygen atoms in total. The molecule has 2 aromatic heterocycles. The van der Waals surface area contributed by atoms with Crippen LogP contribution in [0.2, 0.25) is 5.02 Å². The fraction of sp³-hybridized carbons (Fsp3) is 0. The van der Waals surface area contributed by atoms with E-state index in [1.54, 1.807) is 18.3 Å². The minimum atomic E-state index is -0.227. The normalized spacial score (nSPS) is 10.9. The first kappa shape index (κ1) is 19.1. The van der Waals surface area contributed by atoms with Crippen LogP contribution >= 0.6 is 22.9 Å². The number of carbonyl (C=O) groups is 1. The van der Waals surface area contributed by atoms with Gasteiger partial charge in [0.15, 0.2) is 0 Å². The Hall–Kier alpha value is -3.28. The summed E-state index contributed by atoms with van der Waals surface area (Å²) >= 11 is 7.65. The number of halogens is 1. The van der Waals surface area contributed by atoms with E-state index in [0.717, 1.165) is 27.5 Å². The lowest BCUT2D eigenvalue weighted by atomic mass is 10.1. The number of pyridine rings is 1. The first-order valence-corrected chi connectivity index (χ1v) is 10.2. The number of hydrogen-bond donors (Lipinski definition) is 1. The van der Waals surface area contributed by atoms with Gasteiger partial charge in [0.1, 0.15) is 5.01 Å². The van der Waals surface area contributed by atoms with Gasteiger partial charge in [-0.25, -0.2) is 4.98 Å². The molecule has 1 amide bonds. The Kier molecular flexibility index (Phi) is 5.79. The molecule has 0 bridgehead atoms. The maximum Gasteiger partial charge on any atom is 0.248 e. The second-order valence-corrected chi connectivity index (χ2v) is 7.44. The van der Waals surface area contributed by atoms with Crippen LogP contribution in [-0.4, -0.2) is 15.9 Å². The van der Waals surface area contributed by atoms with E-state index in [4.69, 9.17) is 11.6 Å². The zero-order chi connectivity index (χ0) is 20.1. The molecule has 0 fully saturated rings. The number of anilines is 1. The molecule has 2 heterocycles. The van der Waals surface area contributed by atoms with Gasteiger partial charge in [-0.15, -0.1) is 11.3 Å². The van der Waals surface area contributed by atoms with Crippen molar-refractivity contribution in [1.82, 2.24) is 9.97 Å². The van der Waals surface area contributed by atoms with Crippen molar-refractivity contribution >= 4 is 40.6 Å². The molecule has 1 N–H and O–H groups in total. The van der Waals surface area contributed by atoms with Crippen molar-refractivity contribution in [1.29, 1.82) is 0 Å². The Morgan fingerprint density at radius 1 is 1.00 bits per heavy atom. The van der Waals surface area contributed by atoms with Gasteiger partial charge in [-0.3, -0.25) is 9.78 Å². The van der Waals surface area contributed by atoms with Crippen LogP contribution in [0.4, 0.5) is 5.69 Å². The van der Waals surface area contributed by atoms with Gasteiger partial charge in [0.25, 0.3) is 0 Å². The van der Waals surface area contributed by atoms with E-state index < -0.39 is 0 Å². The molecule has 0 radical (unpaired) electrons. The summed E-state index contributed by atoms with van der Waals surface area (Å²) in [6, 6.07) is 20.7. The molecule has 4 rings (SSSR count). The Labute approximate surface area is 177 Å². The van der Waals surface area contributed by atoms with Gasteiger partial charge in [-0.2, -0.15) is 0 Å². The fourth-order valence-corrected chi connectivity index (χ4v) is 3.73. The van der Waals surface area contributed by atoms with Crippen molar-refractivity contribution in [2.24, 2.45) is 0 Å². The molecular formula is C23H16ClN3OS. The number of rotatable bonds is 5. The van der Waals surface area contributed by atoms with E-state index in [-0.39, 0.29) is 5.91 Å². The van der Waals surface area contributed by atoms with Crippen molar-refractivity contribution in [3.8, 4) is 22.0 Å². The molecular weight excluding hydrogens is 402 g/mol. The van der Waals surface area contributed by atoms with E-state index in [1.165, 1.54) is 17.4 Å². The highest BCUT2D eigenvalue weighted by atomic mass is 35.5. The zero-order valence-electron chi connectivity index (χ0n) is 15.2. The average molecular weight is 418 g/mol. The number of hydrogen-bond acceptors (Lipinski definition) is 4. The molecule has 142 valence electrons. The predicted molar refractivity (Wildman–Crippen MR) is 120 cm³/mol. The topological polar surface area (TPSA) is 54.9 Å². The van der Waals surface area contributed by atoms with Crippen molar-refractivity contribution in [3.05, 3.63) is 95.0 Å². The number of thiazole rings is 1. The van der Waals surface area contributed by atoms with Gasteiger partial charge in [0.05, 0.1) is 11.4 Å². The molecule has 0 spiro atoms. The standard InChI is InChI=1S/C23H16ClN3OS/c24-19-9-2-1-6-16(19)11-12-22(28)26-18-8-5-7-17(14-18)21-15-29-23(27-21)20-10-3-4-13-25-20/h1-15H,(H,26,28)/b12-11+. The summed E-state index contributed by atoms with van der Waals surface area (Å²) in [4.78, 5) is 21.3. The molecule has 4 aromatic rings. The lowest BCUT2D eigenvalue weighted by Crippen LogP contribution is -2.07. The lowest BCUT2D eigenvalue weighted by molar-refractivity contribution is -0.111. The van der Waals surface area contributed by atoms with Gasteiger partial charge in [-0.1, -0.05) is 48.0 Å².